The normalized spacial score (nSPS) is 10.7. The molecule has 0 aliphatic rings. The number of pyridine rings is 1. The summed E-state index contributed by atoms with van der Waals surface area (Å²) in [6.45, 7) is 4.99. The first-order chi connectivity index (χ1) is 7.27. The molecule has 2 aromatic rings. The average Bonchev–Trinajstić information content (AvgIpc) is 2.65. The third-order valence-electron chi connectivity index (χ3n) is 2.14. The van der Waals surface area contributed by atoms with E-state index in [1.807, 2.05) is 22.7 Å². The van der Waals surface area contributed by atoms with E-state index < -0.39 is 0 Å². The topological polar surface area (TPSA) is 29.3 Å². The van der Waals surface area contributed by atoms with E-state index in [4.69, 9.17) is 11.6 Å². The zero-order chi connectivity index (χ0) is 10.7. The van der Waals surface area contributed by atoms with E-state index in [0.717, 1.165) is 17.9 Å². The predicted molar refractivity (Wildman–Crippen MR) is 61.9 cm³/mol. The fourth-order valence-electron chi connectivity index (χ4n) is 1.48. The lowest BCUT2D eigenvalue weighted by atomic mass is 10.3. The Bertz CT molecular complexity index is 475. The maximum atomic E-state index is 5.67. The molecule has 0 spiro atoms. The van der Waals surface area contributed by atoms with Crippen LogP contribution in [-0.2, 0) is 6.54 Å². The third-order valence-corrected chi connectivity index (χ3v) is 2.27. The molecule has 0 aliphatic carbocycles. The molecule has 0 amide bonds. The average molecular weight is 222 g/mol. The number of halogens is 1. The molecule has 15 heavy (non-hydrogen) atoms. The highest BCUT2D eigenvalue weighted by molar-refractivity contribution is 6.29. The molecule has 0 unspecified atom stereocenters. The van der Waals surface area contributed by atoms with Crippen LogP contribution in [0.1, 0.15) is 5.69 Å². The van der Waals surface area contributed by atoms with Crippen molar-refractivity contribution in [3.8, 4) is 0 Å². The third kappa shape index (κ3) is 2.37. The summed E-state index contributed by atoms with van der Waals surface area (Å²) >= 11 is 5.67. The van der Waals surface area contributed by atoms with Crippen molar-refractivity contribution in [2.75, 3.05) is 6.54 Å². The molecule has 0 saturated heterocycles. The minimum atomic E-state index is 0.618. The summed E-state index contributed by atoms with van der Waals surface area (Å²) in [5.74, 6) is 0. The fourth-order valence-corrected chi connectivity index (χ4v) is 1.57. The van der Waals surface area contributed by atoms with Crippen molar-refractivity contribution in [2.24, 2.45) is 0 Å². The predicted octanol–water partition coefficient (Wildman–Crippen LogP) is 2.18. The van der Waals surface area contributed by atoms with Gasteiger partial charge in [0.15, 0.2) is 0 Å². The second kappa shape index (κ2) is 4.47. The minimum Gasteiger partial charge on any atom is -0.306 e. The monoisotopic (exact) mass is 221 g/mol. The van der Waals surface area contributed by atoms with Gasteiger partial charge in [0.1, 0.15) is 5.65 Å². The van der Waals surface area contributed by atoms with Crippen molar-refractivity contribution in [3.63, 3.8) is 0 Å². The van der Waals surface area contributed by atoms with E-state index in [9.17, 15) is 0 Å². The van der Waals surface area contributed by atoms with Gasteiger partial charge in [0.25, 0.3) is 0 Å². The van der Waals surface area contributed by atoms with Gasteiger partial charge < -0.3 is 9.72 Å². The van der Waals surface area contributed by atoms with Crippen LogP contribution >= 0.6 is 11.6 Å². The van der Waals surface area contributed by atoms with Gasteiger partial charge in [0, 0.05) is 36.2 Å². The Hall–Kier alpha value is -1.32. The summed E-state index contributed by atoms with van der Waals surface area (Å²) in [7, 11) is 0. The van der Waals surface area contributed by atoms with Gasteiger partial charge in [-0.15, -0.1) is 0 Å². The Kier molecular flexibility index (Phi) is 3.04. The Morgan fingerprint density at radius 3 is 3.20 bits per heavy atom. The first kappa shape index (κ1) is 10.2. The lowest BCUT2D eigenvalue weighted by molar-refractivity contribution is 0.727. The van der Waals surface area contributed by atoms with Crippen LogP contribution in [0.4, 0.5) is 0 Å². The minimum absolute atomic E-state index is 0.618. The highest BCUT2D eigenvalue weighted by Gasteiger charge is 1.99. The molecule has 4 heteroatoms. The molecular formula is C11H12ClN3. The summed E-state index contributed by atoms with van der Waals surface area (Å²) in [5.41, 5.74) is 2.11. The Labute approximate surface area is 93.4 Å². The van der Waals surface area contributed by atoms with Crippen LogP contribution in [-0.4, -0.2) is 15.9 Å². The van der Waals surface area contributed by atoms with Gasteiger partial charge in [0.05, 0.1) is 0 Å². The van der Waals surface area contributed by atoms with Crippen molar-refractivity contribution < 1.29 is 0 Å². The Morgan fingerprint density at radius 1 is 1.53 bits per heavy atom. The molecule has 1 N–H and O–H groups in total. The molecule has 2 heterocycles. The van der Waals surface area contributed by atoms with E-state index in [-0.39, 0.29) is 0 Å². The summed E-state index contributed by atoms with van der Waals surface area (Å²) in [5, 5.41) is 3.82. The number of imidazole rings is 1. The maximum absolute atomic E-state index is 5.67. The van der Waals surface area contributed by atoms with Crippen LogP contribution in [0.2, 0.25) is 0 Å². The van der Waals surface area contributed by atoms with Gasteiger partial charge in [-0.2, -0.15) is 0 Å². The molecule has 0 aliphatic heterocycles. The number of rotatable bonds is 4. The molecular weight excluding hydrogens is 210 g/mol. The lowest BCUT2D eigenvalue weighted by Gasteiger charge is -2.06. The molecule has 2 aromatic heterocycles. The van der Waals surface area contributed by atoms with Crippen molar-refractivity contribution in [1.82, 2.24) is 14.7 Å². The van der Waals surface area contributed by atoms with Crippen LogP contribution < -0.4 is 5.32 Å². The molecule has 0 aromatic carbocycles. The SMILES string of the molecule is C=C(Cl)CNCc1cccc2nccn12. The molecule has 0 fully saturated rings. The van der Waals surface area contributed by atoms with Crippen LogP contribution in [0.15, 0.2) is 42.2 Å². The first-order valence-corrected chi connectivity index (χ1v) is 5.10. The molecule has 0 radical (unpaired) electrons. The number of nitrogens with zero attached hydrogens (tertiary/aromatic N) is 2. The van der Waals surface area contributed by atoms with Crippen LogP contribution in [0.3, 0.4) is 0 Å². The standard InChI is InChI=1S/C11H12ClN3/c1-9(12)7-13-8-10-3-2-4-11-14-5-6-15(10)11/h2-6,13H,1,7-8H2. The van der Waals surface area contributed by atoms with Crippen LogP contribution in [0.25, 0.3) is 5.65 Å². The quantitative estimate of drug-likeness (QED) is 0.858. The van der Waals surface area contributed by atoms with E-state index in [0.29, 0.717) is 11.6 Å². The Balaban J connectivity index is 2.13. The largest absolute Gasteiger partial charge is 0.306 e. The summed E-state index contributed by atoms with van der Waals surface area (Å²) in [6.07, 6.45) is 3.74. The zero-order valence-electron chi connectivity index (χ0n) is 8.28. The molecule has 0 bridgehead atoms. The van der Waals surface area contributed by atoms with Crippen LogP contribution in [0.5, 0.6) is 0 Å². The van der Waals surface area contributed by atoms with Gasteiger partial charge in [-0.25, -0.2) is 4.98 Å². The number of aromatic nitrogens is 2. The first-order valence-electron chi connectivity index (χ1n) is 4.72. The van der Waals surface area contributed by atoms with E-state index in [2.05, 4.69) is 22.9 Å². The molecule has 0 saturated carbocycles. The maximum Gasteiger partial charge on any atom is 0.136 e. The molecule has 78 valence electrons. The van der Waals surface area contributed by atoms with Gasteiger partial charge in [-0.05, 0) is 12.1 Å². The zero-order valence-corrected chi connectivity index (χ0v) is 9.04. The van der Waals surface area contributed by atoms with Gasteiger partial charge >= 0.3 is 0 Å². The van der Waals surface area contributed by atoms with Gasteiger partial charge in [-0.3, -0.25) is 0 Å². The Morgan fingerprint density at radius 2 is 2.40 bits per heavy atom. The highest BCUT2D eigenvalue weighted by Crippen LogP contribution is 2.05. The van der Waals surface area contributed by atoms with E-state index >= 15 is 0 Å². The van der Waals surface area contributed by atoms with Crippen molar-refractivity contribution in [1.29, 1.82) is 0 Å². The number of nitrogens with one attached hydrogen (secondary N) is 1. The second-order valence-corrected chi connectivity index (χ2v) is 3.83. The molecule has 2 rings (SSSR count). The highest BCUT2D eigenvalue weighted by atomic mass is 35.5. The van der Waals surface area contributed by atoms with Crippen LogP contribution in [0, 0.1) is 0 Å². The van der Waals surface area contributed by atoms with Crippen molar-refractivity contribution >= 4 is 17.2 Å². The number of fused-ring (bicyclic) bond motifs is 1. The number of hydrogen-bond donors (Lipinski definition) is 1. The smallest absolute Gasteiger partial charge is 0.136 e. The summed E-state index contributed by atoms with van der Waals surface area (Å²) < 4.78 is 2.05. The van der Waals surface area contributed by atoms with Gasteiger partial charge in [0.2, 0.25) is 0 Å². The van der Waals surface area contributed by atoms with E-state index in [1.165, 1.54) is 0 Å². The summed E-state index contributed by atoms with van der Waals surface area (Å²) in [4.78, 5) is 4.21. The van der Waals surface area contributed by atoms with Gasteiger partial charge in [-0.1, -0.05) is 24.2 Å². The molecule has 3 nitrogen and oxygen atoms in total. The summed E-state index contributed by atoms with van der Waals surface area (Å²) in [6, 6.07) is 6.03. The second-order valence-electron chi connectivity index (χ2n) is 3.29. The van der Waals surface area contributed by atoms with Crippen molar-refractivity contribution in [3.05, 3.63) is 47.9 Å². The van der Waals surface area contributed by atoms with Crippen molar-refractivity contribution in [2.45, 2.75) is 6.54 Å². The van der Waals surface area contributed by atoms with E-state index in [1.54, 1.807) is 6.20 Å². The fraction of sp³-hybridized carbons (Fsp3) is 0.182. The lowest BCUT2D eigenvalue weighted by Crippen LogP contribution is -2.16. The molecule has 0 atom stereocenters. The number of hydrogen-bond acceptors (Lipinski definition) is 2.